The number of carboxylic acids is 1. The number of carbonyl (C=O) groups is 2. The second-order valence-corrected chi connectivity index (χ2v) is 6.27. The number of aliphatic carboxylic acids is 1. The van der Waals surface area contributed by atoms with Crippen molar-refractivity contribution >= 4 is 11.9 Å². The molecule has 130 valence electrons. The van der Waals surface area contributed by atoms with Gasteiger partial charge in [0.1, 0.15) is 11.9 Å². The summed E-state index contributed by atoms with van der Waals surface area (Å²) in [6.45, 7) is 1.92. The first-order valence-electron chi connectivity index (χ1n) is 8.06. The number of likely N-dealkylation sites (N-methyl/N-ethyl adjacent to an activating group) is 1. The van der Waals surface area contributed by atoms with Crippen LogP contribution >= 0.6 is 0 Å². The molecule has 0 spiro atoms. The Balaban J connectivity index is 1.93. The number of amides is 1. The Morgan fingerprint density at radius 1 is 1.25 bits per heavy atom. The van der Waals surface area contributed by atoms with Crippen LogP contribution in [0.2, 0.25) is 0 Å². The van der Waals surface area contributed by atoms with E-state index in [1.165, 1.54) is 6.07 Å². The molecule has 2 fully saturated rings. The van der Waals surface area contributed by atoms with Crippen LogP contribution in [0.25, 0.3) is 0 Å². The number of rotatable bonds is 3. The maximum atomic E-state index is 14.3. The average Bonchev–Trinajstić information content (AvgIpc) is 2.93. The fourth-order valence-electron chi connectivity index (χ4n) is 3.69. The molecule has 2 aliphatic heterocycles. The maximum absolute atomic E-state index is 14.3. The van der Waals surface area contributed by atoms with Crippen molar-refractivity contribution in [2.45, 2.75) is 18.5 Å². The minimum Gasteiger partial charge on any atom is -0.480 e. The van der Waals surface area contributed by atoms with Crippen molar-refractivity contribution in [3.63, 3.8) is 0 Å². The van der Waals surface area contributed by atoms with E-state index in [0.717, 1.165) is 0 Å². The normalized spacial score (nSPS) is 28.1. The van der Waals surface area contributed by atoms with E-state index in [1.54, 1.807) is 35.0 Å². The van der Waals surface area contributed by atoms with Gasteiger partial charge in [-0.15, -0.1) is 0 Å². The molecule has 3 rings (SSSR count). The van der Waals surface area contributed by atoms with Crippen LogP contribution in [0.15, 0.2) is 24.3 Å². The van der Waals surface area contributed by atoms with E-state index in [1.807, 2.05) is 0 Å². The fraction of sp³-hybridized carbons (Fsp3) is 0.529. The zero-order valence-corrected chi connectivity index (χ0v) is 13.5. The Morgan fingerprint density at radius 3 is 2.54 bits per heavy atom. The number of carbonyl (C=O) groups excluding carboxylic acids is 1. The van der Waals surface area contributed by atoms with E-state index in [0.29, 0.717) is 31.9 Å². The summed E-state index contributed by atoms with van der Waals surface area (Å²) in [6, 6.07) is 4.87. The molecule has 1 aromatic carbocycles. The lowest BCUT2D eigenvalue weighted by Gasteiger charge is -2.32. The number of benzene rings is 1. The predicted octanol–water partition coefficient (Wildman–Crippen LogP) is 1.13. The van der Waals surface area contributed by atoms with Gasteiger partial charge in [-0.2, -0.15) is 0 Å². The molecule has 2 aliphatic rings. The summed E-state index contributed by atoms with van der Waals surface area (Å²) < 4.78 is 19.6. The molecule has 0 unspecified atom stereocenters. The number of hydrogen-bond acceptors (Lipinski definition) is 4. The van der Waals surface area contributed by atoms with Gasteiger partial charge in [0.25, 0.3) is 0 Å². The van der Waals surface area contributed by atoms with E-state index in [-0.39, 0.29) is 12.3 Å². The van der Waals surface area contributed by atoms with Crippen LogP contribution in [0.3, 0.4) is 0 Å². The van der Waals surface area contributed by atoms with E-state index in [2.05, 4.69) is 0 Å². The number of likely N-dealkylation sites (tertiary alicyclic amines) is 1. The fourth-order valence-corrected chi connectivity index (χ4v) is 3.69. The first kappa shape index (κ1) is 16.9. The topological polar surface area (TPSA) is 70.1 Å². The summed E-state index contributed by atoms with van der Waals surface area (Å²) in [4.78, 5) is 27.8. The molecule has 2 saturated heterocycles. The highest BCUT2D eigenvalue weighted by atomic mass is 19.1. The van der Waals surface area contributed by atoms with Crippen molar-refractivity contribution in [1.82, 2.24) is 9.80 Å². The average molecular weight is 336 g/mol. The van der Waals surface area contributed by atoms with Crippen LogP contribution in [0, 0.1) is 11.7 Å². The Bertz CT molecular complexity index is 633. The monoisotopic (exact) mass is 336 g/mol. The van der Waals surface area contributed by atoms with E-state index in [9.17, 15) is 19.1 Å². The van der Waals surface area contributed by atoms with Gasteiger partial charge in [0.15, 0.2) is 0 Å². The van der Waals surface area contributed by atoms with E-state index >= 15 is 0 Å². The molecule has 7 heteroatoms. The Kier molecular flexibility index (Phi) is 4.82. The van der Waals surface area contributed by atoms with Gasteiger partial charge in [-0.05, 0) is 19.5 Å². The zero-order chi connectivity index (χ0) is 17.3. The molecule has 0 radical (unpaired) electrons. The molecule has 0 aromatic heterocycles. The van der Waals surface area contributed by atoms with Gasteiger partial charge in [0.05, 0.1) is 19.1 Å². The summed E-state index contributed by atoms with van der Waals surface area (Å²) in [5, 5.41) is 9.45. The van der Waals surface area contributed by atoms with Crippen molar-refractivity contribution < 1.29 is 23.8 Å². The van der Waals surface area contributed by atoms with Gasteiger partial charge in [0, 0.05) is 24.7 Å². The third-order valence-electron chi connectivity index (χ3n) is 4.94. The highest BCUT2D eigenvalue weighted by molar-refractivity contribution is 5.83. The van der Waals surface area contributed by atoms with Crippen molar-refractivity contribution in [2.24, 2.45) is 5.92 Å². The minimum absolute atomic E-state index is 0.123. The molecular weight excluding hydrogens is 315 g/mol. The van der Waals surface area contributed by atoms with Gasteiger partial charge in [0.2, 0.25) is 5.91 Å². The van der Waals surface area contributed by atoms with Crippen LogP contribution in [-0.2, 0) is 14.3 Å². The second kappa shape index (κ2) is 6.86. The van der Waals surface area contributed by atoms with Gasteiger partial charge < -0.3 is 14.7 Å². The number of morpholine rings is 1. The summed E-state index contributed by atoms with van der Waals surface area (Å²) in [7, 11) is 1.64. The van der Waals surface area contributed by atoms with Crippen LogP contribution in [0.5, 0.6) is 0 Å². The lowest BCUT2D eigenvalue weighted by molar-refractivity contribution is -0.142. The van der Waals surface area contributed by atoms with Crippen molar-refractivity contribution in [3.05, 3.63) is 35.6 Å². The summed E-state index contributed by atoms with van der Waals surface area (Å²) >= 11 is 0. The van der Waals surface area contributed by atoms with Crippen molar-refractivity contribution in [1.29, 1.82) is 0 Å². The lowest BCUT2D eigenvalue weighted by atomic mass is 9.91. The second-order valence-electron chi connectivity index (χ2n) is 6.27. The lowest BCUT2D eigenvalue weighted by Crippen LogP contribution is -2.45. The zero-order valence-electron chi connectivity index (χ0n) is 13.5. The van der Waals surface area contributed by atoms with Crippen LogP contribution in [-0.4, -0.2) is 66.2 Å². The molecule has 3 atom stereocenters. The molecule has 1 aromatic rings. The highest BCUT2D eigenvalue weighted by Crippen LogP contribution is 2.41. The van der Waals surface area contributed by atoms with E-state index in [4.69, 9.17) is 4.74 Å². The van der Waals surface area contributed by atoms with Crippen molar-refractivity contribution in [2.75, 3.05) is 33.4 Å². The number of hydrogen-bond donors (Lipinski definition) is 1. The Labute approximate surface area is 139 Å². The maximum Gasteiger partial charge on any atom is 0.320 e. The highest BCUT2D eigenvalue weighted by Gasteiger charge is 2.48. The van der Waals surface area contributed by atoms with E-state index < -0.39 is 29.8 Å². The molecule has 2 heterocycles. The summed E-state index contributed by atoms with van der Waals surface area (Å²) in [5.41, 5.74) is 0.371. The molecule has 0 bridgehead atoms. The Hall–Kier alpha value is -1.99. The summed E-state index contributed by atoms with van der Waals surface area (Å²) in [5.74, 6) is -2.11. The van der Waals surface area contributed by atoms with Crippen LogP contribution < -0.4 is 0 Å². The number of carboxylic acid groups (broad SMARTS) is 1. The van der Waals surface area contributed by atoms with Gasteiger partial charge in [-0.3, -0.25) is 14.5 Å². The predicted molar refractivity (Wildman–Crippen MR) is 83.8 cm³/mol. The van der Waals surface area contributed by atoms with Gasteiger partial charge in [-0.25, -0.2) is 4.39 Å². The SMILES string of the molecule is CN1[C@H](C(=O)O)C[C@H](C(=O)N2CCOCC2)[C@@H]1c1ccccc1F. The molecule has 6 nitrogen and oxygen atoms in total. The molecule has 0 aliphatic carbocycles. The standard InChI is InChI=1S/C17H21FN2O4/c1-19-14(17(22)23)10-12(16(21)20-6-8-24-9-7-20)15(19)11-4-2-3-5-13(11)18/h2-5,12,14-15H,6-10H2,1H3,(H,22,23)/t12-,14-,15-/m0/s1. The molecular formula is C17H21FN2O4. The first-order valence-corrected chi connectivity index (χ1v) is 8.06. The first-order chi connectivity index (χ1) is 11.5. The number of ether oxygens (including phenoxy) is 1. The quantitative estimate of drug-likeness (QED) is 0.896. The van der Waals surface area contributed by atoms with Crippen LogP contribution in [0.4, 0.5) is 4.39 Å². The third kappa shape index (κ3) is 3.01. The van der Waals surface area contributed by atoms with Crippen molar-refractivity contribution in [3.8, 4) is 0 Å². The smallest absolute Gasteiger partial charge is 0.320 e. The van der Waals surface area contributed by atoms with Gasteiger partial charge in [-0.1, -0.05) is 18.2 Å². The number of nitrogens with zero attached hydrogens (tertiary/aromatic N) is 2. The molecule has 24 heavy (non-hydrogen) atoms. The summed E-state index contributed by atoms with van der Waals surface area (Å²) in [6.07, 6.45) is 0.182. The molecule has 0 saturated carbocycles. The molecule has 1 amide bonds. The third-order valence-corrected chi connectivity index (χ3v) is 4.94. The largest absolute Gasteiger partial charge is 0.480 e. The van der Waals surface area contributed by atoms with Crippen LogP contribution in [0.1, 0.15) is 18.0 Å². The minimum atomic E-state index is -0.990. The Morgan fingerprint density at radius 2 is 1.92 bits per heavy atom. The molecule has 1 N–H and O–H groups in total. The van der Waals surface area contributed by atoms with Gasteiger partial charge >= 0.3 is 5.97 Å². The number of halogens is 1.